The van der Waals surface area contributed by atoms with E-state index in [0.29, 0.717) is 22.9 Å². The van der Waals surface area contributed by atoms with E-state index in [4.69, 9.17) is 4.42 Å². The van der Waals surface area contributed by atoms with Gasteiger partial charge >= 0.3 is 5.76 Å². The van der Waals surface area contributed by atoms with Crippen LogP contribution in [0, 0.1) is 11.8 Å². The lowest BCUT2D eigenvalue weighted by Gasteiger charge is -2.08. The third-order valence-electron chi connectivity index (χ3n) is 5.36. The van der Waals surface area contributed by atoms with Crippen LogP contribution >= 0.6 is 0 Å². The molecule has 1 heterocycles. The normalized spacial score (nSPS) is 26.7. The summed E-state index contributed by atoms with van der Waals surface area (Å²) in [5, 5.41) is 0. The smallest absolute Gasteiger partial charge is 0.408 e. The molecule has 1 aromatic heterocycles. The molecule has 0 bridgehead atoms. The SMILES string of the molecule is CC(C)n1c(=O)oc2cc(S(=O)(=O)NC3[C@H]4CCCC[C@H]34)ccc21. The Balaban J connectivity index is 1.65. The molecule has 0 amide bonds. The topological polar surface area (TPSA) is 81.3 Å². The number of rotatable bonds is 4. The molecule has 0 spiro atoms. The van der Waals surface area contributed by atoms with Crippen molar-refractivity contribution in [1.29, 1.82) is 0 Å². The van der Waals surface area contributed by atoms with Gasteiger partial charge in [-0.1, -0.05) is 12.8 Å². The molecule has 0 unspecified atom stereocenters. The maximum absolute atomic E-state index is 12.7. The lowest BCUT2D eigenvalue weighted by atomic mass is 10.0. The Hall–Kier alpha value is -1.60. The molecule has 4 rings (SSSR count). The van der Waals surface area contributed by atoms with E-state index < -0.39 is 15.8 Å². The predicted molar refractivity (Wildman–Crippen MR) is 90.4 cm³/mol. The van der Waals surface area contributed by atoms with Crippen molar-refractivity contribution >= 4 is 21.1 Å². The Morgan fingerprint density at radius 3 is 2.50 bits per heavy atom. The molecule has 1 aromatic carbocycles. The van der Waals surface area contributed by atoms with Crippen molar-refractivity contribution in [2.45, 2.75) is 56.5 Å². The second kappa shape index (κ2) is 5.46. The number of aromatic nitrogens is 1. The van der Waals surface area contributed by atoms with Crippen molar-refractivity contribution in [1.82, 2.24) is 9.29 Å². The average molecular weight is 350 g/mol. The summed E-state index contributed by atoms with van der Waals surface area (Å²) in [6.45, 7) is 3.77. The minimum Gasteiger partial charge on any atom is -0.408 e. The first-order valence-corrected chi connectivity index (χ1v) is 10.0. The first kappa shape index (κ1) is 15.9. The quantitative estimate of drug-likeness (QED) is 0.919. The van der Waals surface area contributed by atoms with Crippen LogP contribution in [0.5, 0.6) is 0 Å². The molecular weight excluding hydrogens is 328 g/mol. The third kappa shape index (κ3) is 2.50. The average Bonchev–Trinajstić information content (AvgIpc) is 3.09. The highest BCUT2D eigenvalue weighted by molar-refractivity contribution is 7.89. The number of nitrogens with zero attached hydrogens (tertiary/aromatic N) is 1. The van der Waals surface area contributed by atoms with Crippen molar-refractivity contribution in [2.24, 2.45) is 11.8 Å². The Bertz CT molecular complexity index is 929. The molecule has 130 valence electrons. The molecule has 7 heteroatoms. The lowest BCUT2D eigenvalue weighted by molar-refractivity contribution is 0.478. The van der Waals surface area contributed by atoms with Gasteiger partial charge in [0.15, 0.2) is 5.58 Å². The molecule has 2 atom stereocenters. The fraction of sp³-hybridized carbons (Fsp3) is 0.588. The Morgan fingerprint density at radius 1 is 1.21 bits per heavy atom. The second-order valence-electron chi connectivity index (χ2n) is 7.22. The van der Waals surface area contributed by atoms with Gasteiger partial charge in [-0.05, 0) is 50.7 Å². The summed E-state index contributed by atoms with van der Waals surface area (Å²) in [5.41, 5.74) is 0.929. The number of benzene rings is 1. The number of nitrogens with one attached hydrogen (secondary N) is 1. The molecule has 0 aliphatic heterocycles. The van der Waals surface area contributed by atoms with Crippen LogP contribution in [0.1, 0.15) is 45.6 Å². The van der Waals surface area contributed by atoms with Crippen LogP contribution < -0.4 is 10.5 Å². The van der Waals surface area contributed by atoms with Gasteiger partial charge in [0.25, 0.3) is 0 Å². The monoisotopic (exact) mass is 350 g/mol. The highest BCUT2D eigenvalue weighted by Crippen LogP contribution is 2.50. The van der Waals surface area contributed by atoms with Gasteiger partial charge in [0.1, 0.15) is 0 Å². The van der Waals surface area contributed by atoms with Crippen molar-refractivity contribution in [3.63, 3.8) is 0 Å². The van der Waals surface area contributed by atoms with Crippen LogP contribution in [0.25, 0.3) is 11.1 Å². The molecule has 2 fully saturated rings. The van der Waals surface area contributed by atoms with Crippen LogP contribution in [0.3, 0.4) is 0 Å². The minimum absolute atomic E-state index is 0.0473. The Kier molecular flexibility index (Phi) is 3.61. The fourth-order valence-corrected chi connectivity index (χ4v) is 5.44. The number of fused-ring (bicyclic) bond motifs is 2. The molecular formula is C17H22N2O4S. The predicted octanol–water partition coefficient (Wildman–Crippen LogP) is 2.64. The molecule has 6 nitrogen and oxygen atoms in total. The molecule has 1 N–H and O–H groups in total. The van der Waals surface area contributed by atoms with Gasteiger partial charge in [-0.2, -0.15) is 0 Å². The van der Waals surface area contributed by atoms with E-state index in [9.17, 15) is 13.2 Å². The summed E-state index contributed by atoms with van der Waals surface area (Å²) in [4.78, 5) is 12.1. The van der Waals surface area contributed by atoms with Crippen LogP contribution in [-0.2, 0) is 10.0 Å². The molecule has 24 heavy (non-hydrogen) atoms. The van der Waals surface area contributed by atoms with Crippen molar-refractivity contribution in [3.8, 4) is 0 Å². The fourth-order valence-electron chi connectivity index (χ4n) is 4.09. The first-order valence-electron chi connectivity index (χ1n) is 8.56. The van der Waals surface area contributed by atoms with Gasteiger partial charge < -0.3 is 4.42 Å². The van der Waals surface area contributed by atoms with E-state index in [1.54, 1.807) is 12.1 Å². The number of hydrogen-bond donors (Lipinski definition) is 1. The largest absolute Gasteiger partial charge is 0.420 e. The van der Waals surface area contributed by atoms with E-state index in [-0.39, 0.29) is 17.0 Å². The van der Waals surface area contributed by atoms with E-state index in [0.717, 1.165) is 12.8 Å². The number of hydrogen-bond acceptors (Lipinski definition) is 4. The van der Waals surface area contributed by atoms with E-state index in [1.165, 1.54) is 23.5 Å². The molecule has 2 aromatic rings. The van der Waals surface area contributed by atoms with Crippen molar-refractivity contribution < 1.29 is 12.8 Å². The first-order chi connectivity index (χ1) is 11.4. The maximum Gasteiger partial charge on any atom is 0.420 e. The van der Waals surface area contributed by atoms with E-state index in [2.05, 4.69) is 4.72 Å². The number of oxazole rings is 1. The molecule has 0 radical (unpaired) electrons. The van der Waals surface area contributed by atoms with Crippen molar-refractivity contribution in [3.05, 3.63) is 28.7 Å². The third-order valence-corrected chi connectivity index (χ3v) is 6.82. The van der Waals surface area contributed by atoms with Gasteiger partial charge in [0.05, 0.1) is 10.4 Å². The Labute approximate surface area is 140 Å². The highest BCUT2D eigenvalue weighted by atomic mass is 32.2. The summed E-state index contributed by atoms with van der Waals surface area (Å²) in [6, 6.07) is 4.66. The zero-order chi connectivity index (χ0) is 17.1. The second-order valence-corrected chi connectivity index (χ2v) is 8.93. The van der Waals surface area contributed by atoms with E-state index >= 15 is 0 Å². The Morgan fingerprint density at radius 2 is 1.88 bits per heavy atom. The summed E-state index contributed by atoms with van der Waals surface area (Å²) < 4.78 is 34.9. The molecule has 0 saturated heterocycles. The van der Waals surface area contributed by atoms with Crippen LogP contribution in [-0.4, -0.2) is 19.0 Å². The maximum atomic E-state index is 12.7. The lowest BCUT2D eigenvalue weighted by Crippen LogP contribution is -2.27. The van der Waals surface area contributed by atoms with Gasteiger partial charge in [-0.25, -0.2) is 17.9 Å². The van der Waals surface area contributed by atoms with Crippen LogP contribution in [0.15, 0.2) is 32.3 Å². The summed E-state index contributed by atoms with van der Waals surface area (Å²) in [6.07, 6.45) is 4.62. The summed E-state index contributed by atoms with van der Waals surface area (Å²) in [7, 11) is -3.59. The van der Waals surface area contributed by atoms with Crippen molar-refractivity contribution in [2.75, 3.05) is 0 Å². The molecule has 2 aliphatic carbocycles. The standard InChI is InChI=1S/C17H22N2O4S/c1-10(2)19-14-8-7-11(9-15(14)23-17(19)20)24(21,22)18-16-12-5-3-4-6-13(12)16/h7-10,12-13,16,18H,3-6H2,1-2H3/t12-,13-/m0/s1. The summed E-state index contributed by atoms with van der Waals surface area (Å²) >= 11 is 0. The zero-order valence-corrected chi connectivity index (χ0v) is 14.7. The van der Waals surface area contributed by atoms with Gasteiger partial charge in [-0.15, -0.1) is 0 Å². The molecule has 2 aliphatic rings. The van der Waals surface area contributed by atoms with Crippen LogP contribution in [0.2, 0.25) is 0 Å². The van der Waals surface area contributed by atoms with E-state index in [1.807, 2.05) is 13.8 Å². The zero-order valence-electron chi connectivity index (χ0n) is 13.9. The van der Waals surface area contributed by atoms with Gasteiger partial charge in [0, 0.05) is 18.2 Å². The number of sulfonamides is 1. The van der Waals surface area contributed by atoms with Crippen LogP contribution in [0.4, 0.5) is 0 Å². The molecule has 2 saturated carbocycles. The van der Waals surface area contributed by atoms with Gasteiger partial charge in [-0.3, -0.25) is 4.57 Å². The highest BCUT2D eigenvalue weighted by Gasteiger charge is 2.52. The summed E-state index contributed by atoms with van der Waals surface area (Å²) in [5.74, 6) is 0.533. The van der Waals surface area contributed by atoms with Gasteiger partial charge in [0.2, 0.25) is 10.0 Å². The minimum atomic E-state index is -3.59.